The van der Waals surface area contributed by atoms with Crippen LogP contribution in [0.25, 0.3) is 0 Å². The Morgan fingerprint density at radius 1 is 1.18 bits per heavy atom. The van der Waals surface area contributed by atoms with Crippen molar-refractivity contribution in [2.45, 2.75) is 51.3 Å². The molecule has 2 heterocycles. The van der Waals surface area contributed by atoms with E-state index >= 15 is 0 Å². The predicted molar refractivity (Wildman–Crippen MR) is 105 cm³/mol. The summed E-state index contributed by atoms with van der Waals surface area (Å²) in [6.45, 7) is 3.37. The summed E-state index contributed by atoms with van der Waals surface area (Å²) in [5, 5.41) is 22.2. The lowest BCUT2D eigenvalue weighted by Crippen LogP contribution is -2.33. The smallest absolute Gasteiger partial charge is 0.244 e. The second kappa shape index (κ2) is 10.3. The van der Waals surface area contributed by atoms with Crippen LogP contribution in [0.5, 0.6) is 0 Å². The van der Waals surface area contributed by atoms with Crippen molar-refractivity contribution in [1.82, 2.24) is 30.0 Å². The molecule has 2 aromatic rings. The maximum Gasteiger partial charge on any atom is 0.244 e. The maximum absolute atomic E-state index is 12.6. The topological polar surface area (TPSA) is 87.4 Å². The summed E-state index contributed by atoms with van der Waals surface area (Å²) in [6.07, 6.45) is 4.87. The molecule has 1 aromatic heterocycles. The average Bonchev–Trinajstić information content (AvgIpc) is 2.98. The quantitative estimate of drug-likeness (QED) is 0.742. The number of amides is 1. The van der Waals surface area contributed by atoms with Crippen molar-refractivity contribution in [1.29, 1.82) is 0 Å². The molecule has 0 bridgehead atoms. The molecule has 1 aliphatic heterocycles. The zero-order chi connectivity index (χ0) is 19.8. The lowest BCUT2D eigenvalue weighted by Gasteiger charge is -2.21. The first-order chi connectivity index (χ1) is 13.6. The third-order valence-corrected chi connectivity index (χ3v) is 5.30. The number of aromatic nitrogens is 4. The molecule has 0 aliphatic carbocycles. The number of rotatable bonds is 8. The molecule has 1 N–H and O–H groups in total. The minimum absolute atomic E-state index is 0.0651. The van der Waals surface area contributed by atoms with Crippen molar-refractivity contribution in [3.63, 3.8) is 0 Å². The van der Waals surface area contributed by atoms with Crippen LogP contribution in [0.4, 0.5) is 0 Å². The SMILES string of the molecule is CN(CCC(O)c1ccccc1)C(=O)Cn1nnnc1CN1CCCCCC1. The molecular formula is C20H30N6O2. The Kier molecular flexibility index (Phi) is 7.50. The monoisotopic (exact) mass is 386 g/mol. The molecule has 1 unspecified atom stereocenters. The molecule has 1 aromatic carbocycles. The third-order valence-electron chi connectivity index (χ3n) is 5.30. The number of carbonyl (C=O) groups is 1. The molecule has 8 heteroatoms. The van der Waals surface area contributed by atoms with E-state index in [1.807, 2.05) is 30.3 Å². The Morgan fingerprint density at radius 3 is 2.61 bits per heavy atom. The molecule has 1 fully saturated rings. The zero-order valence-corrected chi connectivity index (χ0v) is 16.6. The van der Waals surface area contributed by atoms with E-state index in [-0.39, 0.29) is 12.5 Å². The van der Waals surface area contributed by atoms with Gasteiger partial charge in [-0.1, -0.05) is 43.2 Å². The van der Waals surface area contributed by atoms with Crippen molar-refractivity contribution < 1.29 is 9.90 Å². The number of aliphatic hydroxyl groups is 1. The summed E-state index contributed by atoms with van der Waals surface area (Å²) < 4.78 is 1.59. The van der Waals surface area contributed by atoms with Gasteiger partial charge in [0.1, 0.15) is 6.54 Å². The molecule has 0 radical (unpaired) electrons. The highest BCUT2D eigenvalue weighted by molar-refractivity contribution is 5.75. The van der Waals surface area contributed by atoms with E-state index in [0.29, 0.717) is 19.5 Å². The third kappa shape index (κ3) is 5.84. The van der Waals surface area contributed by atoms with Gasteiger partial charge in [0.2, 0.25) is 5.91 Å². The van der Waals surface area contributed by atoms with Gasteiger partial charge in [0.15, 0.2) is 5.82 Å². The van der Waals surface area contributed by atoms with Gasteiger partial charge in [-0.15, -0.1) is 5.10 Å². The van der Waals surface area contributed by atoms with Crippen LogP contribution in [0.1, 0.15) is 49.6 Å². The normalized spacial score (nSPS) is 16.5. The van der Waals surface area contributed by atoms with Gasteiger partial charge in [0.25, 0.3) is 0 Å². The number of hydrogen-bond acceptors (Lipinski definition) is 6. The number of benzene rings is 1. The van der Waals surface area contributed by atoms with E-state index in [4.69, 9.17) is 0 Å². The summed E-state index contributed by atoms with van der Waals surface area (Å²) in [5.41, 5.74) is 0.864. The first kappa shape index (κ1) is 20.4. The van der Waals surface area contributed by atoms with Gasteiger partial charge in [0, 0.05) is 13.6 Å². The summed E-state index contributed by atoms with van der Waals surface area (Å²) in [4.78, 5) is 16.6. The van der Waals surface area contributed by atoms with E-state index in [2.05, 4.69) is 20.4 Å². The summed E-state index contributed by atoms with van der Waals surface area (Å²) in [6, 6.07) is 9.50. The number of likely N-dealkylation sites (tertiary alicyclic amines) is 1. The van der Waals surface area contributed by atoms with Crippen LogP contribution in [0.15, 0.2) is 30.3 Å². The average molecular weight is 387 g/mol. The molecule has 152 valence electrons. The summed E-state index contributed by atoms with van der Waals surface area (Å²) in [7, 11) is 1.75. The van der Waals surface area contributed by atoms with Crippen molar-refractivity contribution >= 4 is 5.91 Å². The highest BCUT2D eigenvalue weighted by Crippen LogP contribution is 2.16. The highest BCUT2D eigenvalue weighted by atomic mass is 16.3. The zero-order valence-electron chi connectivity index (χ0n) is 16.6. The van der Waals surface area contributed by atoms with Crippen LogP contribution in [-0.2, 0) is 17.9 Å². The fraction of sp³-hybridized carbons (Fsp3) is 0.600. The predicted octanol–water partition coefficient (Wildman–Crippen LogP) is 1.63. The number of hydrogen-bond donors (Lipinski definition) is 1. The minimum Gasteiger partial charge on any atom is -0.388 e. The molecule has 1 atom stereocenters. The van der Waals surface area contributed by atoms with E-state index in [1.54, 1.807) is 16.6 Å². The van der Waals surface area contributed by atoms with Gasteiger partial charge in [0.05, 0.1) is 12.6 Å². The van der Waals surface area contributed by atoms with Gasteiger partial charge in [-0.05, 0) is 48.3 Å². The number of tetrazole rings is 1. The molecule has 8 nitrogen and oxygen atoms in total. The van der Waals surface area contributed by atoms with E-state index in [1.165, 1.54) is 25.7 Å². The molecule has 0 spiro atoms. The lowest BCUT2D eigenvalue weighted by molar-refractivity contribution is -0.131. The second-order valence-corrected chi connectivity index (χ2v) is 7.47. The standard InChI is InChI=1S/C20H30N6O2/c1-24(14-11-18(27)17-9-5-4-6-10-17)20(28)16-26-19(21-22-23-26)15-25-12-7-2-3-8-13-25/h4-6,9-10,18,27H,2-3,7-8,11-16H2,1H3. The minimum atomic E-state index is -0.580. The molecule has 3 rings (SSSR count). The van der Waals surface area contributed by atoms with E-state index in [9.17, 15) is 9.90 Å². The van der Waals surface area contributed by atoms with Crippen LogP contribution < -0.4 is 0 Å². The van der Waals surface area contributed by atoms with Crippen LogP contribution in [-0.4, -0.2) is 67.7 Å². The Labute approximate surface area is 166 Å². The van der Waals surface area contributed by atoms with Crippen molar-refractivity contribution in [3.8, 4) is 0 Å². The number of carbonyl (C=O) groups excluding carboxylic acids is 1. The van der Waals surface area contributed by atoms with Crippen molar-refractivity contribution in [2.24, 2.45) is 0 Å². The summed E-state index contributed by atoms with van der Waals surface area (Å²) >= 11 is 0. The fourth-order valence-electron chi connectivity index (χ4n) is 3.48. The van der Waals surface area contributed by atoms with Crippen LogP contribution in [0.3, 0.4) is 0 Å². The van der Waals surface area contributed by atoms with E-state index in [0.717, 1.165) is 24.5 Å². The Morgan fingerprint density at radius 2 is 1.89 bits per heavy atom. The Hall–Kier alpha value is -2.32. The molecule has 1 amide bonds. The van der Waals surface area contributed by atoms with Gasteiger partial charge in [-0.3, -0.25) is 9.69 Å². The first-order valence-electron chi connectivity index (χ1n) is 10.1. The van der Waals surface area contributed by atoms with Crippen LogP contribution in [0.2, 0.25) is 0 Å². The van der Waals surface area contributed by atoms with Crippen molar-refractivity contribution in [3.05, 3.63) is 41.7 Å². The second-order valence-electron chi connectivity index (χ2n) is 7.47. The summed E-state index contributed by atoms with van der Waals surface area (Å²) in [5.74, 6) is 0.664. The van der Waals surface area contributed by atoms with Crippen LogP contribution in [0, 0.1) is 0 Å². The highest BCUT2D eigenvalue weighted by Gasteiger charge is 2.18. The largest absolute Gasteiger partial charge is 0.388 e. The van der Waals surface area contributed by atoms with E-state index < -0.39 is 6.10 Å². The Balaban J connectivity index is 1.49. The maximum atomic E-state index is 12.6. The van der Waals surface area contributed by atoms with Crippen molar-refractivity contribution in [2.75, 3.05) is 26.7 Å². The Bertz CT molecular complexity index is 727. The fourth-order valence-corrected chi connectivity index (χ4v) is 3.48. The van der Waals surface area contributed by atoms with Gasteiger partial charge in [-0.25, -0.2) is 4.68 Å². The first-order valence-corrected chi connectivity index (χ1v) is 10.1. The number of aliphatic hydroxyl groups excluding tert-OH is 1. The molecule has 1 saturated heterocycles. The molecule has 1 aliphatic rings. The van der Waals surface area contributed by atoms with Gasteiger partial charge in [-0.2, -0.15) is 0 Å². The molecule has 0 saturated carbocycles. The van der Waals surface area contributed by atoms with Gasteiger partial charge < -0.3 is 10.0 Å². The molecular weight excluding hydrogens is 356 g/mol. The van der Waals surface area contributed by atoms with Crippen LogP contribution >= 0.6 is 0 Å². The number of likely N-dealkylation sites (N-methyl/N-ethyl adjacent to an activating group) is 1. The number of nitrogens with zero attached hydrogens (tertiary/aromatic N) is 6. The molecule has 28 heavy (non-hydrogen) atoms. The van der Waals surface area contributed by atoms with Gasteiger partial charge >= 0.3 is 0 Å². The lowest BCUT2D eigenvalue weighted by atomic mass is 10.1.